The second kappa shape index (κ2) is 4.26. The summed E-state index contributed by atoms with van der Waals surface area (Å²) in [6, 6.07) is 5.88. The van der Waals surface area contributed by atoms with E-state index in [-0.39, 0.29) is 5.76 Å². The van der Waals surface area contributed by atoms with Gasteiger partial charge in [-0.2, -0.15) is 0 Å². The summed E-state index contributed by atoms with van der Waals surface area (Å²) in [4.78, 5) is 3.33. The lowest BCUT2D eigenvalue weighted by atomic mass is 10.0. The van der Waals surface area contributed by atoms with E-state index in [2.05, 4.69) is 36.7 Å². The van der Waals surface area contributed by atoms with Crippen LogP contribution < -0.4 is 5.73 Å². The summed E-state index contributed by atoms with van der Waals surface area (Å²) in [6.45, 7) is 7.57. The fourth-order valence-corrected chi connectivity index (χ4v) is 2.10. The van der Waals surface area contributed by atoms with E-state index in [0.717, 1.165) is 16.8 Å². The van der Waals surface area contributed by atoms with E-state index in [1.54, 1.807) is 0 Å². The molecular formula is C14H18N2O. The smallest absolute Gasteiger partial charge is 0.102 e. The highest BCUT2D eigenvalue weighted by atomic mass is 16.3. The molecule has 1 aromatic carbocycles. The first kappa shape index (κ1) is 11.7. The van der Waals surface area contributed by atoms with Crippen molar-refractivity contribution >= 4 is 10.9 Å². The van der Waals surface area contributed by atoms with E-state index in [0.29, 0.717) is 6.42 Å². The predicted molar refractivity (Wildman–Crippen MR) is 71.2 cm³/mol. The van der Waals surface area contributed by atoms with Gasteiger partial charge in [0.05, 0.1) is 6.04 Å². The van der Waals surface area contributed by atoms with E-state index in [4.69, 9.17) is 5.73 Å². The zero-order chi connectivity index (χ0) is 12.6. The molecule has 0 aliphatic rings. The van der Waals surface area contributed by atoms with Gasteiger partial charge in [-0.15, -0.1) is 0 Å². The van der Waals surface area contributed by atoms with Crippen LogP contribution in [0, 0.1) is 13.8 Å². The molecular weight excluding hydrogens is 212 g/mol. The van der Waals surface area contributed by atoms with E-state index in [1.165, 1.54) is 10.9 Å². The maximum atomic E-state index is 9.31. The Kier molecular flexibility index (Phi) is 2.94. The van der Waals surface area contributed by atoms with E-state index < -0.39 is 6.04 Å². The van der Waals surface area contributed by atoms with Gasteiger partial charge in [-0.25, -0.2) is 0 Å². The van der Waals surface area contributed by atoms with Gasteiger partial charge in [0.1, 0.15) is 5.76 Å². The van der Waals surface area contributed by atoms with Gasteiger partial charge in [0, 0.05) is 16.6 Å². The lowest BCUT2D eigenvalue weighted by molar-refractivity contribution is 0.368. The third-order valence-corrected chi connectivity index (χ3v) is 3.13. The average Bonchev–Trinajstić information content (AvgIpc) is 2.55. The van der Waals surface area contributed by atoms with Gasteiger partial charge in [-0.1, -0.05) is 18.2 Å². The van der Waals surface area contributed by atoms with Gasteiger partial charge in [-0.05, 0) is 38.0 Å². The van der Waals surface area contributed by atoms with E-state index >= 15 is 0 Å². The fraction of sp³-hybridized carbons (Fsp3) is 0.286. The number of benzene rings is 1. The Morgan fingerprint density at radius 2 is 2.18 bits per heavy atom. The lowest BCUT2D eigenvalue weighted by Gasteiger charge is -2.10. The van der Waals surface area contributed by atoms with E-state index in [1.807, 2.05) is 6.92 Å². The molecule has 0 amide bonds. The van der Waals surface area contributed by atoms with Crippen molar-refractivity contribution in [1.29, 1.82) is 0 Å². The van der Waals surface area contributed by atoms with Crippen molar-refractivity contribution in [1.82, 2.24) is 4.98 Å². The van der Waals surface area contributed by atoms with Gasteiger partial charge in [0.25, 0.3) is 0 Å². The van der Waals surface area contributed by atoms with Crippen LogP contribution in [0.15, 0.2) is 30.5 Å². The van der Waals surface area contributed by atoms with Crippen LogP contribution in [0.4, 0.5) is 0 Å². The van der Waals surface area contributed by atoms with Crippen LogP contribution in [0.2, 0.25) is 0 Å². The Morgan fingerprint density at radius 1 is 1.47 bits per heavy atom. The zero-order valence-electron chi connectivity index (χ0n) is 10.2. The zero-order valence-corrected chi connectivity index (χ0v) is 10.2. The molecule has 1 unspecified atom stereocenters. The van der Waals surface area contributed by atoms with Gasteiger partial charge in [0.2, 0.25) is 0 Å². The summed E-state index contributed by atoms with van der Waals surface area (Å²) >= 11 is 0. The molecule has 17 heavy (non-hydrogen) atoms. The first-order valence-corrected chi connectivity index (χ1v) is 5.70. The number of H-pyrrole nitrogens is 1. The standard InChI is InChI=1S/C14H18N2O/c1-8-4-5-14-12(6-8)11(9(2)16-14)7-13(15)10(3)17/h4-6,13,16-17H,3,7,15H2,1-2H3. The number of nitrogens with one attached hydrogen (secondary N) is 1. The van der Waals surface area contributed by atoms with Crippen LogP contribution in [-0.4, -0.2) is 16.1 Å². The number of rotatable bonds is 3. The fourth-order valence-electron chi connectivity index (χ4n) is 2.10. The number of aromatic nitrogens is 1. The van der Waals surface area contributed by atoms with Gasteiger partial charge in [0.15, 0.2) is 0 Å². The molecule has 0 saturated heterocycles. The van der Waals surface area contributed by atoms with Crippen LogP contribution in [-0.2, 0) is 6.42 Å². The molecule has 1 atom stereocenters. The average molecular weight is 230 g/mol. The minimum absolute atomic E-state index is 0.0337. The Bertz CT molecular complexity index is 569. The molecule has 0 saturated carbocycles. The maximum Gasteiger partial charge on any atom is 0.102 e. The largest absolute Gasteiger partial charge is 0.511 e. The molecule has 1 heterocycles. The molecule has 3 heteroatoms. The molecule has 0 aliphatic heterocycles. The minimum Gasteiger partial charge on any atom is -0.511 e. The van der Waals surface area contributed by atoms with Gasteiger partial charge < -0.3 is 15.8 Å². The molecule has 2 aromatic rings. The normalized spacial score (nSPS) is 12.9. The molecule has 0 spiro atoms. The number of aliphatic hydroxyl groups is 1. The minimum atomic E-state index is -0.409. The third kappa shape index (κ3) is 2.19. The number of aryl methyl sites for hydroxylation is 2. The van der Waals surface area contributed by atoms with Crippen molar-refractivity contribution in [3.05, 3.63) is 47.4 Å². The highest BCUT2D eigenvalue weighted by molar-refractivity contribution is 5.85. The second-order valence-electron chi connectivity index (χ2n) is 4.58. The van der Waals surface area contributed by atoms with Crippen LogP contribution in [0.25, 0.3) is 10.9 Å². The predicted octanol–water partition coefficient (Wildman–Crippen LogP) is 2.73. The molecule has 90 valence electrons. The van der Waals surface area contributed by atoms with Gasteiger partial charge in [-0.3, -0.25) is 0 Å². The first-order chi connectivity index (χ1) is 7.99. The molecule has 2 rings (SSSR count). The first-order valence-electron chi connectivity index (χ1n) is 5.70. The lowest BCUT2D eigenvalue weighted by Crippen LogP contribution is -2.24. The van der Waals surface area contributed by atoms with Crippen molar-refractivity contribution < 1.29 is 5.11 Å². The maximum absolute atomic E-state index is 9.31. The number of hydrogen-bond acceptors (Lipinski definition) is 2. The number of aliphatic hydroxyl groups excluding tert-OH is 1. The Hall–Kier alpha value is -1.74. The summed E-state index contributed by atoms with van der Waals surface area (Å²) in [5.74, 6) is 0.0337. The second-order valence-corrected chi connectivity index (χ2v) is 4.58. The van der Waals surface area contributed by atoms with Crippen LogP contribution >= 0.6 is 0 Å². The summed E-state index contributed by atoms with van der Waals surface area (Å²) in [7, 11) is 0. The van der Waals surface area contributed by atoms with Crippen molar-refractivity contribution in [2.24, 2.45) is 5.73 Å². The molecule has 1 aromatic heterocycles. The molecule has 0 bridgehead atoms. The SMILES string of the molecule is C=C(O)C(N)Cc1c(C)[nH]c2ccc(C)cc12. The number of hydrogen-bond donors (Lipinski definition) is 3. The Morgan fingerprint density at radius 3 is 2.82 bits per heavy atom. The van der Waals surface area contributed by atoms with Crippen molar-refractivity contribution in [3.63, 3.8) is 0 Å². The molecule has 4 N–H and O–H groups in total. The van der Waals surface area contributed by atoms with Crippen molar-refractivity contribution in [3.8, 4) is 0 Å². The Balaban J connectivity index is 2.48. The van der Waals surface area contributed by atoms with Crippen LogP contribution in [0.3, 0.4) is 0 Å². The van der Waals surface area contributed by atoms with Crippen molar-refractivity contribution in [2.75, 3.05) is 0 Å². The van der Waals surface area contributed by atoms with Crippen LogP contribution in [0.5, 0.6) is 0 Å². The monoisotopic (exact) mass is 230 g/mol. The highest BCUT2D eigenvalue weighted by Gasteiger charge is 2.13. The van der Waals surface area contributed by atoms with Crippen molar-refractivity contribution in [2.45, 2.75) is 26.3 Å². The summed E-state index contributed by atoms with van der Waals surface area (Å²) in [5, 5.41) is 10.5. The van der Waals surface area contributed by atoms with Gasteiger partial charge >= 0.3 is 0 Å². The molecule has 0 fully saturated rings. The summed E-state index contributed by atoms with van der Waals surface area (Å²) < 4.78 is 0. The quantitative estimate of drug-likeness (QED) is 0.710. The van der Waals surface area contributed by atoms with E-state index in [9.17, 15) is 5.11 Å². The van der Waals surface area contributed by atoms with Crippen LogP contribution in [0.1, 0.15) is 16.8 Å². The number of nitrogens with two attached hydrogens (primary N) is 1. The molecule has 0 radical (unpaired) electrons. The Labute approximate surface area is 101 Å². The summed E-state index contributed by atoms with van der Waals surface area (Å²) in [6.07, 6.45) is 0.602. The topological polar surface area (TPSA) is 62.0 Å². The number of aromatic amines is 1. The highest BCUT2D eigenvalue weighted by Crippen LogP contribution is 2.24. The third-order valence-electron chi connectivity index (χ3n) is 3.13. The molecule has 3 nitrogen and oxygen atoms in total. The molecule has 0 aliphatic carbocycles. The summed E-state index contributed by atoms with van der Waals surface area (Å²) in [5.41, 5.74) is 10.4. The number of fused-ring (bicyclic) bond motifs is 1.